The SMILES string of the molecule is CN(CC1CCOCC1)S(=O)(=O)c1ccc2[nH]c(=O)[nH]c2c1. The number of aromatic amines is 2. The Balaban J connectivity index is 1.84. The lowest BCUT2D eigenvalue weighted by Gasteiger charge is -2.26. The molecular weight excluding hydrogens is 306 g/mol. The molecule has 0 spiro atoms. The van der Waals surface area contributed by atoms with Gasteiger partial charge in [-0.15, -0.1) is 0 Å². The van der Waals surface area contributed by atoms with Crippen molar-refractivity contribution in [2.45, 2.75) is 17.7 Å². The molecule has 1 aliphatic heterocycles. The Bertz CT molecular complexity index is 818. The maximum atomic E-state index is 12.6. The molecule has 7 nitrogen and oxygen atoms in total. The molecule has 1 fully saturated rings. The molecule has 0 bridgehead atoms. The van der Waals surface area contributed by atoms with Crippen molar-refractivity contribution < 1.29 is 13.2 Å². The number of ether oxygens (including phenoxy) is 1. The van der Waals surface area contributed by atoms with Crippen LogP contribution in [0.15, 0.2) is 27.9 Å². The summed E-state index contributed by atoms with van der Waals surface area (Å²) in [6.45, 7) is 1.86. The van der Waals surface area contributed by atoms with Crippen LogP contribution in [0.2, 0.25) is 0 Å². The zero-order valence-electron chi connectivity index (χ0n) is 12.3. The second-order valence-electron chi connectivity index (χ2n) is 5.63. The van der Waals surface area contributed by atoms with Gasteiger partial charge < -0.3 is 14.7 Å². The number of hydrogen-bond donors (Lipinski definition) is 2. The minimum atomic E-state index is -3.56. The fraction of sp³-hybridized carbons (Fsp3) is 0.500. The molecule has 0 aliphatic carbocycles. The van der Waals surface area contributed by atoms with Gasteiger partial charge in [0.15, 0.2) is 0 Å². The minimum absolute atomic E-state index is 0.185. The van der Waals surface area contributed by atoms with E-state index in [1.807, 2.05) is 0 Å². The van der Waals surface area contributed by atoms with Gasteiger partial charge >= 0.3 is 5.69 Å². The van der Waals surface area contributed by atoms with Crippen LogP contribution in [-0.4, -0.2) is 49.5 Å². The molecule has 1 aromatic carbocycles. The van der Waals surface area contributed by atoms with Gasteiger partial charge in [0.1, 0.15) is 0 Å². The molecule has 2 heterocycles. The highest BCUT2D eigenvalue weighted by atomic mass is 32.2. The third-order valence-corrected chi connectivity index (χ3v) is 5.87. The molecule has 0 amide bonds. The standard InChI is InChI=1S/C14H19N3O4S/c1-17(9-10-4-6-21-7-5-10)22(19,20)11-2-3-12-13(8-11)16-14(18)15-12/h2-3,8,10H,4-7,9H2,1H3,(H2,15,16,18). The van der Waals surface area contributed by atoms with E-state index in [0.29, 0.717) is 36.7 Å². The monoisotopic (exact) mass is 325 g/mol. The lowest BCUT2D eigenvalue weighted by molar-refractivity contribution is 0.0620. The first-order chi connectivity index (χ1) is 10.5. The molecule has 1 saturated heterocycles. The first kappa shape index (κ1) is 15.3. The van der Waals surface area contributed by atoms with Gasteiger partial charge in [0.05, 0.1) is 15.9 Å². The Labute approximate surface area is 128 Å². The number of sulfonamides is 1. The van der Waals surface area contributed by atoms with E-state index in [1.165, 1.54) is 16.4 Å². The van der Waals surface area contributed by atoms with Gasteiger partial charge in [0.2, 0.25) is 10.0 Å². The quantitative estimate of drug-likeness (QED) is 0.873. The number of hydrogen-bond acceptors (Lipinski definition) is 4. The van der Waals surface area contributed by atoms with E-state index < -0.39 is 10.0 Å². The normalized spacial score (nSPS) is 17.4. The number of aromatic nitrogens is 2. The highest BCUT2D eigenvalue weighted by Gasteiger charge is 2.25. The van der Waals surface area contributed by atoms with Crippen LogP contribution in [0.5, 0.6) is 0 Å². The highest BCUT2D eigenvalue weighted by molar-refractivity contribution is 7.89. The predicted octanol–water partition coefficient (Wildman–Crippen LogP) is 0.903. The summed E-state index contributed by atoms with van der Waals surface area (Å²) in [6, 6.07) is 4.60. The van der Waals surface area contributed by atoms with E-state index in [1.54, 1.807) is 13.1 Å². The maximum Gasteiger partial charge on any atom is 0.323 e. The predicted molar refractivity (Wildman–Crippen MR) is 82.3 cm³/mol. The van der Waals surface area contributed by atoms with Gasteiger partial charge in [0, 0.05) is 26.8 Å². The molecule has 2 N–H and O–H groups in total. The summed E-state index contributed by atoms with van der Waals surface area (Å²) in [5.74, 6) is 0.323. The third-order valence-electron chi connectivity index (χ3n) is 4.05. The van der Waals surface area contributed by atoms with E-state index in [2.05, 4.69) is 9.97 Å². The summed E-state index contributed by atoms with van der Waals surface area (Å²) in [6.07, 6.45) is 1.76. The second-order valence-corrected chi connectivity index (χ2v) is 7.67. The molecule has 3 rings (SSSR count). The van der Waals surface area contributed by atoms with Gasteiger partial charge in [-0.25, -0.2) is 17.5 Å². The lowest BCUT2D eigenvalue weighted by atomic mass is 10.0. The van der Waals surface area contributed by atoms with Crippen molar-refractivity contribution in [3.05, 3.63) is 28.7 Å². The molecular formula is C14H19N3O4S. The number of rotatable bonds is 4. The van der Waals surface area contributed by atoms with Crippen LogP contribution in [0, 0.1) is 5.92 Å². The van der Waals surface area contributed by atoms with Gasteiger partial charge in [-0.1, -0.05) is 0 Å². The third kappa shape index (κ3) is 2.94. The average Bonchev–Trinajstić information content (AvgIpc) is 2.87. The van der Waals surface area contributed by atoms with E-state index in [4.69, 9.17) is 4.74 Å². The molecule has 1 aliphatic rings. The summed E-state index contributed by atoms with van der Waals surface area (Å²) in [4.78, 5) is 16.6. The van der Waals surface area contributed by atoms with Crippen molar-refractivity contribution in [3.8, 4) is 0 Å². The van der Waals surface area contributed by atoms with Crippen LogP contribution in [0.1, 0.15) is 12.8 Å². The number of benzene rings is 1. The Kier molecular flexibility index (Phi) is 4.07. The zero-order chi connectivity index (χ0) is 15.7. The topological polar surface area (TPSA) is 95.3 Å². The van der Waals surface area contributed by atoms with E-state index in [-0.39, 0.29) is 10.6 Å². The number of imidazole rings is 1. The van der Waals surface area contributed by atoms with E-state index in [0.717, 1.165) is 12.8 Å². The molecule has 1 aromatic heterocycles. The first-order valence-electron chi connectivity index (χ1n) is 7.23. The molecule has 0 atom stereocenters. The summed E-state index contributed by atoms with van der Waals surface area (Å²) in [5.41, 5.74) is 0.738. The fourth-order valence-electron chi connectivity index (χ4n) is 2.74. The molecule has 0 saturated carbocycles. The Morgan fingerprint density at radius 1 is 1.23 bits per heavy atom. The molecule has 0 radical (unpaired) electrons. The van der Waals surface area contributed by atoms with Gasteiger partial charge in [0.25, 0.3) is 0 Å². The number of fused-ring (bicyclic) bond motifs is 1. The van der Waals surface area contributed by atoms with Crippen molar-refractivity contribution in [2.75, 3.05) is 26.8 Å². The van der Waals surface area contributed by atoms with Crippen molar-refractivity contribution in [2.24, 2.45) is 5.92 Å². The van der Waals surface area contributed by atoms with Gasteiger partial charge in [-0.05, 0) is 37.0 Å². The Hall–Kier alpha value is -1.64. The number of nitrogens with one attached hydrogen (secondary N) is 2. The second kappa shape index (κ2) is 5.86. The van der Waals surface area contributed by atoms with Crippen LogP contribution in [0.3, 0.4) is 0 Å². The summed E-state index contributed by atoms with van der Waals surface area (Å²) in [7, 11) is -1.97. The lowest BCUT2D eigenvalue weighted by Crippen LogP contribution is -2.34. The molecule has 2 aromatic rings. The Morgan fingerprint density at radius 3 is 2.64 bits per heavy atom. The van der Waals surface area contributed by atoms with Gasteiger partial charge in [-0.2, -0.15) is 0 Å². The summed E-state index contributed by atoms with van der Waals surface area (Å²) < 4.78 is 32.0. The average molecular weight is 325 g/mol. The van der Waals surface area contributed by atoms with E-state index in [9.17, 15) is 13.2 Å². The van der Waals surface area contributed by atoms with Crippen LogP contribution in [-0.2, 0) is 14.8 Å². The molecule has 120 valence electrons. The first-order valence-corrected chi connectivity index (χ1v) is 8.67. The molecule has 0 unspecified atom stereocenters. The Morgan fingerprint density at radius 2 is 1.91 bits per heavy atom. The summed E-state index contributed by atoms with van der Waals surface area (Å²) in [5, 5.41) is 0. The zero-order valence-corrected chi connectivity index (χ0v) is 13.1. The molecule has 22 heavy (non-hydrogen) atoms. The fourth-order valence-corrected chi connectivity index (χ4v) is 4.02. The van der Waals surface area contributed by atoms with Crippen molar-refractivity contribution in [3.63, 3.8) is 0 Å². The van der Waals surface area contributed by atoms with E-state index >= 15 is 0 Å². The van der Waals surface area contributed by atoms with Gasteiger partial charge in [-0.3, -0.25) is 0 Å². The maximum absolute atomic E-state index is 12.6. The summed E-state index contributed by atoms with van der Waals surface area (Å²) >= 11 is 0. The van der Waals surface area contributed by atoms with Crippen LogP contribution < -0.4 is 5.69 Å². The largest absolute Gasteiger partial charge is 0.381 e. The van der Waals surface area contributed by atoms with Crippen molar-refractivity contribution in [1.82, 2.24) is 14.3 Å². The van der Waals surface area contributed by atoms with Crippen LogP contribution in [0.4, 0.5) is 0 Å². The minimum Gasteiger partial charge on any atom is -0.381 e. The highest BCUT2D eigenvalue weighted by Crippen LogP contribution is 2.22. The van der Waals surface area contributed by atoms with Crippen LogP contribution >= 0.6 is 0 Å². The molecule has 8 heteroatoms. The number of nitrogens with zero attached hydrogens (tertiary/aromatic N) is 1. The smallest absolute Gasteiger partial charge is 0.323 e. The number of H-pyrrole nitrogens is 2. The van der Waals surface area contributed by atoms with Crippen LogP contribution in [0.25, 0.3) is 11.0 Å². The van der Waals surface area contributed by atoms with Crippen molar-refractivity contribution >= 4 is 21.1 Å². The van der Waals surface area contributed by atoms with Crippen molar-refractivity contribution in [1.29, 1.82) is 0 Å².